The van der Waals surface area contributed by atoms with Crippen LogP contribution in [-0.4, -0.2) is 18.0 Å². The molecule has 0 heterocycles. The topological polar surface area (TPSA) is 3.24 Å². The van der Waals surface area contributed by atoms with Crippen molar-refractivity contribution in [3.63, 3.8) is 0 Å². The summed E-state index contributed by atoms with van der Waals surface area (Å²) < 4.78 is 0. The second-order valence-electron chi connectivity index (χ2n) is 5.44. The smallest absolute Gasteiger partial charge is 0.0233 e. The first kappa shape index (κ1) is 16.7. The Morgan fingerprint density at radius 1 is 0.900 bits per heavy atom. The molecular weight excluding hydrogens is 266 g/mol. The summed E-state index contributed by atoms with van der Waals surface area (Å²) in [5.74, 6) is 0. The minimum atomic E-state index is 0. The molecule has 0 saturated carbocycles. The van der Waals surface area contributed by atoms with E-state index in [2.05, 4.69) is 80.4 Å². The lowest BCUT2D eigenvalue weighted by Crippen LogP contribution is -2.30. The molecule has 0 N–H and O–H groups in total. The van der Waals surface area contributed by atoms with Crippen LogP contribution >= 0.6 is 12.4 Å². The molecular formula is C18H24ClN. The molecule has 0 aliphatic rings. The Morgan fingerprint density at radius 3 is 2.10 bits per heavy atom. The van der Waals surface area contributed by atoms with Crippen molar-refractivity contribution in [3.8, 4) is 0 Å². The molecule has 0 fully saturated rings. The van der Waals surface area contributed by atoms with Gasteiger partial charge in [0.1, 0.15) is 0 Å². The maximum absolute atomic E-state index is 2.41. The van der Waals surface area contributed by atoms with E-state index in [0.717, 1.165) is 13.0 Å². The van der Waals surface area contributed by atoms with Gasteiger partial charge in [0, 0.05) is 12.6 Å². The van der Waals surface area contributed by atoms with Crippen molar-refractivity contribution in [2.75, 3.05) is 7.05 Å². The second-order valence-corrected chi connectivity index (χ2v) is 5.44. The predicted molar refractivity (Wildman–Crippen MR) is 89.5 cm³/mol. The summed E-state index contributed by atoms with van der Waals surface area (Å²) in [7, 11) is 2.20. The molecule has 0 saturated heterocycles. The lowest BCUT2D eigenvalue weighted by atomic mass is 10.1. The van der Waals surface area contributed by atoms with E-state index in [1.165, 1.54) is 16.7 Å². The van der Waals surface area contributed by atoms with Gasteiger partial charge in [-0.25, -0.2) is 0 Å². The van der Waals surface area contributed by atoms with Gasteiger partial charge in [-0.3, -0.25) is 4.90 Å². The maximum Gasteiger partial charge on any atom is 0.0233 e. The third-order valence-corrected chi connectivity index (χ3v) is 3.68. The summed E-state index contributed by atoms with van der Waals surface area (Å²) in [6, 6.07) is 20.1. The fourth-order valence-electron chi connectivity index (χ4n) is 2.25. The number of likely N-dealkylation sites (N-methyl/N-ethyl adjacent to an activating group) is 1. The fraction of sp³-hybridized carbons (Fsp3) is 0.333. The Morgan fingerprint density at radius 2 is 1.50 bits per heavy atom. The number of hydrogen-bond donors (Lipinski definition) is 0. The third-order valence-electron chi connectivity index (χ3n) is 3.68. The summed E-state index contributed by atoms with van der Waals surface area (Å²) in [4.78, 5) is 2.41. The molecule has 0 aromatic heterocycles. The van der Waals surface area contributed by atoms with Gasteiger partial charge >= 0.3 is 0 Å². The Hall–Kier alpha value is -1.31. The summed E-state index contributed by atoms with van der Waals surface area (Å²) in [6.45, 7) is 5.43. The fourth-order valence-corrected chi connectivity index (χ4v) is 2.25. The molecule has 2 aromatic rings. The first-order valence-electron chi connectivity index (χ1n) is 6.95. The van der Waals surface area contributed by atoms with Gasteiger partial charge in [-0.05, 0) is 38.4 Å². The van der Waals surface area contributed by atoms with E-state index in [1.54, 1.807) is 0 Å². The summed E-state index contributed by atoms with van der Waals surface area (Å²) in [5.41, 5.74) is 4.11. The standard InChI is InChI=1S/C18H23N.ClH/c1-15-9-11-18(12-10-15)14-19(3)16(2)13-17-7-5-4-6-8-17;/h4-12,16H,13-14H2,1-3H3;1H. The Bertz CT molecular complexity index is 493. The first-order chi connectivity index (χ1) is 9.15. The highest BCUT2D eigenvalue weighted by molar-refractivity contribution is 5.85. The van der Waals surface area contributed by atoms with Gasteiger partial charge in [0.05, 0.1) is 0 Å². The van der Waals surface area contributed by atoms with Crippen molar-refractivity contribution in [3.05, 3.63) is 71.3 Å². The molecule has 0 bridgehead atoms. The number of halogens is 1. The van der Waals surface area contributed by atoms with Crippen LogP contribution in [0.1, 0.15) is 23.6 Å². The molecule has 1 nitrogen and oxygen atoms in total. The van der Waals surface area contributed by atoms with E-state index >= 15 is 0 Å². The molecule has 2 aromatic carbocycles. The van der Waals surface area contributed by atoms with E-state index in [1.807, 2.05) is 0 Å². The van der Waals surface area contributed by atoms with Crippen LogP contribution in [0.4, 0.5) is 0 Å². The first-order valence-corrected chi connectivity index (χ1v) is 6.95. The molecule has 2 heteroatoms. The van der Waals surface area contributed by atoms with E-state index in [-0.39, 0.29) is 12.4 Å². The van der Waals surface area contributed by atoms with Crippen LogP contribution in [-0.2, 0) is 13.0 Å². The van der Waals surface area contributed by atoms with Crippen LogP contribution in [0.2, 0.25) is 0 Å². The van der Waals surface area contributed by atoms with Crippen LogP contribution in [0.5, 0.6) is 0 Å². The zero-order valence-corrected chi connectivity index (χ0v) is 13.4. The van der Waals surface area contributed by atoms with Crippen molar-refractivity contribution in [2.45, 2.75) is 32.9 Å². The van der Waals surface area contributed by atoms with Gasteiger partial charge in [0.2, 0.25) is 0 Å². The average molecular weight is 290 g/mol. The van der Waals surface area contributed by atoms with Crippen LogP contribution in [0.3, 0.4) is 0 Å². The van der Waals surface area contributed by atoms with Crippen LogP contribution in [0.15, 0.2) is 54.6 Å². The molecule has 0 spiro atoms. The van der Waals surface area contributed by atoms with Gasteiger partial charge in [-0.15, -0.1) is 12.4 Å². The van der Waals surface area contributed by atoms with Gasteiger partial charge in [0.15, 0.2) is 0 Å². The van der Waals surface area contributed by atoms with E-state index in [9.17, 15) is 0 Å². The van der Waals surface area contributed by atoms with Gasteiger partial charge in [0.25, 0.3) is 0 Å². The van der Waals surface area contributed by atoms with Crippen LogP contribution < -0.4 is 0 Å². The number of benzene rings is 2. The van der Waals surface area contributed by atoms with Gasteiger partial charge in [-0.2, -0.15) is 0 Å². The van der Waals surface area contributed by atoms with Gasteiger partial charge < -0.3 is 0 Å². The highest BCUT2D eigenvalue weighted by Crippen LogP contribution is 2.11. The zero-order valence-electron chi connectivity index (χ0n) is 12.5. The van der Waals surface area contributed by atoms with E-state index < -0.39 is 0 Å². The molecule has 1 atom stereocenters. The van der Waals surface area contributed by atoms with Gasteiger partial charge in [-0.1, -0.05) is 60.2 Å². The SMILES string of the molecule is Cc1ccc(CN(C)C(C)Cc2ccccc2)cc1.Cl. The van der Waals surface area contributed by atoms with Crippen molar-refractivity contribution in [2.24, 2.45) is 0 Å². The van der Waals surface area contributed by atoms with Crippen molar-refractivity contribution in [1.29, 1.82) is 0 Å². The molecule has 0 radical (unpaired) electrons. The predicted octanol–water partition coefficient (Wildman–Crippen LogP) is 4.48. The minimum absolute atomic E-state index is 0. The van der Waals surface area contributed by atoms with Crippen molar-refractivity contribution < 1.29 is 0 Å². The Kier molecular flexibility index (Phi) is 6.77. The number of nitrogens with zero attached hydrogens (tertiary/aromatic N) is 1. The second kappa shape index (κ2) is 8.08. The monoisotopic (exact) mass is 289 g/mol. The molecule has 0 amide bonds. The summed E-state index contributed by atoms with van der Waals surface area (Å²) in [5, 5.41) is 0. The zero-order chi connectivity index (χ0) is 13.7. The van der Waals surface area contributed by atoms with Crippen molar-refractivity contribution in [1.82, 2.24) is 4.90 Å². The van der Waals surface area contributed by atoms with Crippen LogP contribution in [0.25, 0.3) is 0 Å². The normalized spacial score (nSPS) is 12.0. The maximum atomic E-state index is 2.41. The van der Waals surface area contributed by atoms with Crippen molar-refractivity contribution >= 4 is 12.4 Å². The van der Waals surface area contributed by atoms with E-state index in [0.29, 0.717) is 6.04 Å². The highest BCUT2D eigenvalue weighted by Gasteiger charge is 2.10. The number of aryl methyl sites for hydroxylation is 1. The minimum Gasteiger partial charge on any atom is -0.299 e. The number of rotatable bonds is 5. The Labute approximate surface area is 129 Å². The molecule has 20 heavy (non-hydrogen) atoms. The third kappa shape index (κ3) is 4.99. The number of hydrogen-bond acceptors (Lipinski definition) is 1. The average Bonchev–Trinajstić information content (AvgIpc) is 2.42. The summed E-state index contributed by atoms with van der Waals surface area (Å²) in [6.07, 6.45) is 1.10. The molecule has 0 aliphatic carbocycles. The lowest BCUT2D eigenvalue weighted by Gasteiger charge is -2.25. The molecule has 2 rings (SSSR count). The molecule has 1 unspecified atom stereocenters. The quantitative estimate of drug-likeness (QED) is 0.784. The van der Waals surface area contributed by atoms with Crippen LogP contribution in [0, 0.1) is 6.92 Å². The summed E-state index contributed by atoms with van der Waals surface area (Å²) >= 11 is 0. The lowest BCUT2D eigenvalue weighted by molar-refractivity contribution is 0.248. The Balaban J connectivity index is 0.00000200. The molecule has 0 aliphatic heterocycles. The largest absolute Gasteiger partial charge is 0.299 e. The molecule has 108 valence electrons. The van der Waals surface area contributed by atoms with E-state index in [4.69, 9.17) is 0 Å². The highest BCUT2D eigenvalue weighted by atomic mass is 35.5.